The number of amides is 2. The highest BCUT2D eigenvalue weighted by Gasteiger charge is 2.26. The minimum atomic E-state index is -0.484. The standard InChI is InChI=1S/C15H15N3O4S/c1-2-22-17-15(20)10-8-21-13(16-10)7-18-11-5-3-4-6-12(11)23-9-14(18)19/h3-6,8H,2,7,9H2,1H3,(H,17,20). The predicted octanol–water partition coefficient (Wildman–Crippen LogP) is 1.99. The van der Waals surface area contributed by atoms with Gasteiger partial charge in [-0.15, -0.1) is 11.8 Å². The quantitative estimate of drug-likeness (QED) is 0.843. The van der Waals surface area contributed by atoms with Crippen molar-refractivity contribution in [2.24, 2.45) is 0 Å². The molecule has 0 saturated heterocycles. The number of rotatable bonds is 5. The van der Waals surface area contributed by atoms with Crippen molar-refractivity contribution in [3.63, 3.8) is 0 Å². The number of fused-ring (bicyclic) bond motifs is 1. The van der Waals surface area contributed by atoms with Gasteiger partial charge < -0.3 is 9.32 Å². The van der Waals surface area contributed by atoms with Crippen molar-refractivity contribution in [2.45, 2.75) is 18.4 Å². The molecule has 0 unspecified atom stereocenters. The van der Waals surface area contributed by atoms with Gasteiger partial charge in [-0.3, -0.25) is 14.4 Å². The van der Waals surface area contributed by atoms with E-state index in [2.05, 4.69) is 10.5 Å². The molecule has 1 aliphatic rings. The third-order valence-corrected chi connectivity index (χ3v) is 4.24. The molecule has 0 saturated carbocycles. The Kier molecular flexibility index (Phi) is 4.63. The van der Waals surface area contributed by atoms with Gasteiger partial charge in [0, 0.05) is 4.90 Å². The van der Waals surface area contributed by atoms with Gasteiger partial charge in [-0.05, 0) is 19.1 Å². The predicted molar refractivity (Wildman–Crippen MR) is 84.0 cm³/mol. The highest BCUT2D eigenvalue weighted by atomic mass is 32.2. The second kappa shape index (κ2) is 6.84. The largest absolute Gasteiger partial charge is 0.446 e. The zero-order chi connectivity index (χ0) is 16.2. The third kappa shape index (κ3) is 3.38. The van der Waals surface area contributed by atoms with Gasteiger partial charge in [0.1, 0.15) is 12.8 Å². The second-order valence-electron chi connectivity index (χ2n) is 4.73. The molecule has 0 aliphatic carbocycles. The molecule has 1 N–H and O–H groups in total. The van der Waals surface area contributed by atoms with Crippen LogP contribution in [-0.4, -0.2) is 29.2 Å². The second-order valence-corrected chi connectivity index (χ2v) is 5.74. The fourth-order valence-corrected chi connectivity index (χ4v) is 3.08. The fourth-order valence-electron chi connectivity index (χ4n) is 2.14. The summed E-state index contributed by atoms with van der Waals surface area (Å²) in [6.45, 7) is 2.29. The minimum absolute atomic E-state index is 0.0211. The van der Waals surface area contributed by atoms with Crippen LogP contribution >= 0.6 is 11.8 Å². The maximum absolute atomic E-state index is 12.2. The van der Waals surface area contributed by atoms with E-state index >= 15 is 0 Å². The summed E-state index contributed by atoms with van der Waals surface area (Å²) in [4.78, 5) is 35.5. The molecule has 23 heavy (non-hydrogen) atoms. The van der Waals surface area contributed by atoms with Gasteiger partial charge in [-0.25, -0.2) is 10.5 Å². The van der Waals surface area contributed by atoms with Gasteiger partial charge in [0.05, 0.1) is 18.0 Å². The average Bonchev–Trinajstić information content (AvgIpc) is 3.04. The normalized spacial score (nSPS) is 13.8. The van der Waals surface area contributed by atoms with Gasteiger partial charge in [-0.1, -0.05) is 12.1 Å². The molecule has 0 spiro atoms. The topological polar surface area (TPSA) is 84.7 Å². The smallest absolute Gasteiger partial charge is 0.296 e. The first-order valence-corrected chi connectivity index (χ1v) is 8.06. The third-order valence-electron chi connectivity index (χ3n) is 3.20. The lowest BCUT2D eigenvalue weighted by Gasteiger charge is -2.27. The average molecular weight is 333 g/mol. The summed E-state index contributed by atoms with van der Waals surface area (Å²) in [5, 5.41) is 0. The first kappa shape index (κ1) is 15.6. The van der Waals surface area contributed by atoms with Gasteiger partial charge >= 0.3 is 0 Å². The number of oxazole rings is 1. The molecule has 8 heteroatoms. The lowest BCUT2D eigenvalue weighted by atomic mass is 10.2. The van der Waals surface area contributed by atoms with Crippen LogP contribution in [0.25, 0.3) is 0 Å². The number of carbonyl (C=O) groups excluding carboxylic acids is 2. The Morgan fingerprint density at radius 2 is 2.30 bits per heavy atom. The number of benzene rings is 1. The summed E-state index contributed by atoms with van der Waals surface area (Å²) in [5.41, 5.74) is 3.18. The summed E-state index contributed by atoms with van der Waals surface area (Å²) in [7, 11) is 0. The van der Waals surface area contributed by atoms with E-state index in [1.807, 2.05) is 24.3 Å². The number of thioether (sulfide) groups is 1. The lowest BCUT2D eigenvalue weighted by molar-refractivity contribution is -0.116. The Hall–Kier alpha value is -2.32. The van der Waals surface area contributed by atoms with Crippen LogP contribution in [0.15, 0.2) is 39.8 Å². The first-order chi connectivity index (χ1) is 11.2. The zero-order valence-electron chi connectivity index (χ0n) is 12.4. The Morgan fingerprint density at radius 3 is 3.13 bits per heavy atom. The summed E-state index contributed by atoms with van der Waals surface area (Å²) in [6, 6.07) is 7.66. The van der Waals surface area contributed by atoms with Crippen molar-refractivity contribution in [3.05, 3.63) is 42.1 Å². The van der Waals surface area contributed by atoms with E-state index < -0.39 is 5.91 Å². The highest BCUT2D eigenvalue weighted by molar-refractivity contribution is 8.00. The Balaban J connectivity index is 1.76. The summed E-state index contributed by atoms with van der Waals surface area (Å²) in [6.07, 6.45) is 1.25. The van der Waals surface area contributed by atoms with E-state index in [-0.39, 0.29) is 18.1 Å². The molecule has 1 aliphatic heterocycles. The number of nitrogens with zero attached hydrogens (tertiary/aromatic N) is 2. The minimum Gasteiger partial charge on any atom is -0.446 e. The van der Waals surface area contributed by atoms with Crippen LogP contribution < -0.4 is 10.4 Å². The molecule has 0 atom stereocenters. The summed E-state index contributed by atoms with van der Waals surface area (Å²) < 4.78 is 5.30. The Labute approximate surface area is 137 Å². The molecule has 0 radical (unpaired) electrons. The van der Waals surface area contributed by atoms with E-state index in [0.29, 0.717) is 18.3 Å². The van der Waals surface area contributed by atoms with Crippen LogP contribution in [0.2, 0.25) is 0 Å². The summed E-state index contributed by atoms with van der Waals surface area (Å²) in [5.74, 6) is 0.159. The fraction of sp³-hybridized carbons (Fsp3) is 0.267. The van der Waals surface area contributed by atoms with Crippen molar-refractivity contribution in [2.75, 3.05) is 17.3 Å². The molecular weight excluding hydrogens is 318 g/mol. The van der Waals surface area contributed by atoms with Crippen molar-refractivity contribution in [3.8, 4) is 0 Å². The molecule has 2 aromatic rings. The molecular formula is C15H15N3O4S. The van der Waals surface area contributed by atoms with Crippen LogP contribution in [0.4, 0.5) is 5.69 Å². The van der Waals surface area contributed by atoms with Gasteiger partial charge in [-0.2, -0.15) is 0 Å². The molecule has 2 heterocycles. The molecule has 0 bridgehead atoms. The molecule has 1 aromatic heterocycles. The van der Waals surface area contributed by atoms with Crippen LogP contribution in [0.1, 0.15) is 23.3 Å². The maximum Gasteiger partial charge on any atom is 0.296 e. The van der Waals surface area contributed by atoms with Crippen LogP contribution in [0.3, 0.4) is 0 Å². The van der Waals surface area contributed by atoms with Crippen molar-refractivity contribution >= 4 is 29.3 Å². The number of hydrogen-bond donors (Lipinski definition) is 1. The summed E-state index contributed by atoms with van der Waals surface area (Å²) >= 11 is 1.51. The van der Waals surface area contributed by atoms with Crippen molar-refractivity contribution in [1.82, 2.24) is 10.5 Å². The van der Waals surface area contributed by atoms with Crippen molar-refractivity contribution < 1.29 is 18.8 Å². The number of aromatic nitrogens is 1. The van der Waals surface area contributed by atoms with Gasteiger partial charge in [0.25, 0.3) is 5.91 Å². The molecule has 1 aromatic carbocycles. The monoisotopic (exact) mass is 333 g/mol. The Bertz CT molecular complexity index is 731. The number of hydrogen-bond acceptors (Lipinski definition) is 6. The van der Waals surface area contributed by atoms with Crippen molar-refractivity contribution in [1.29, 1.82) is 0 Å². The van der Waals surface area contributed by atoms with E-state index in [4.69, 9.17) is 9.25 Å². The number of para-hydroxylation sites is 1. The molecule has 2 amide bonds. The molecule has 7 nitrogen and oxygen atoms in total. The van der Waals surface area contributed by atoms with E-state index in [1.165, 1.54) is 18.0 Å². The van der Waals surface area contributed by atoms with E-state index in [1.54, 1.807) is 11.8 Å². The SMILES string of the molecule is CCONC(=O)c1coc(CN2C(=O)CSc3ccccc32)n1. The van der Waals surface area contributed by atoms with E-state index in [9.17, 15) is 9.59 Å². The molecule has 120 valence electrons. The Morgan fingerprint density at radius 1 is 1.48 bits per heavy atom. The van der Waals surface area contributed by atoms with Crippen LogP contribution in [0, 0.1) is 0 Å². The molecule has 3 rings (SSSR count). The van der Waals surface area contributed by atoms with E-state index in [0.717, 1.165) is 10.6 Å². The van der Waals surface area contributed by atoms with Crippen LogP contribution in [-0.2, 0) is 16.2 Å². The first-order valence-electron chi connectivity index (χ1n) is 7.07. The molecule has 0 fully saturated rings. The van der Waals surface area contributed by atoms with Gasteiger partial charge in [0.15, 0.2) is 5.69 Å². The zero-order valence-corrected chi connectivity index (χ0v) is 13.3. The number of nitrogens with one attached hydrogen (secondary N) is 1. The highest BCUT2D eigenvalue weighted by Crippen LogP contribution is 2.35. The number of hydroxylamine groups is 1. The number of carbonyl (C=O) groups is 2. The van der Waals surface area contributed by atoms with Gasteiger partial charge in [0.2, 0.25) is 11.8 Å². The lowest BCUT2D eigenvalue weighted by Crippen LogP contribution is -2.34. The van der Waals surface area contributed by atoms with Crippen LogP contribution in [0.5, 0.6) is 0 Å². The maximum atomic E-state index is 12.2. The number of anilines is 1.